The monoisotopic (exact) mass is 259 g/mol. The SMILES string of the molecule is CC(C)c1cc(C2CC2)nc(C2(N)CCCCC2)n1. The molecule has 2 aliphatic rings. The smallest absolute Gasteiger partial charge is 0.148 e. The molecular formula is C16H25N3. The maximum absolute atomic E-state index is 6.61. The molecule has 0 aliphatic heterocycles. The van der Waals surface area contributed by atoms with Crippen LogP contribution in [0.4, 0.5) is 0 Å². The molecule has 104 valence electrons. The molecule has 0 aromatic carbocycles. The zero-order valence-corrected chi connectivity index (χ0v) is 12.2. The van der Waals surface area contributed by atoms with E-state index in [2.05, 4.69) is 19.9 Å². The summed E-state index contributed by atoms with van der Waals surface area (Å²) in [4.78, 5) is 9.64. The highest BCUT2D eigenvalue weighted by molar-refractivity contribution is 5.23. The fraction of sp³-hybridized carbons (Fsp3) is 0.750. The number of nitrogens with two attached hydrogens (primary N) is 1. The first-order chi connectivity index (χ1) is 9.08. The average molecular weight is 259 g/mol. The Hall–Kier alpha value is -0.960. The van der Waals surface area contributed by atoms with Gasteiger partial charge in [-0.2, -0.15) is 0 Å². The van der Waals surface area contributed by atoms with Gasteiger partial charge < -0.3 is 5.73 Å². The van der Waals surface area contributed by atoms with E-state index in [1.165, 1.54) is 43.5 Å². The highest BCUT2D eigenvalue weighted by Gasteiger charge is 2.34. The van der Waals surface area contributed by atoms with Crippen LogP contribution in [-0.4, -0.2) is 9.97 Å². The van der Waals surface area contributed by atoms with Crippen molar-refractivity contribution >= 4 is 0 Å². The fourth-order valence-corrected chi connectivity index (χ4v) is 3.00. The van der Waals surface area contributed by atoms with Gasteiger partial charge in [-0.3, -0.25) is 0 Å². The summed E-state index contributed by atoms with van der Waals surface area (Å²) in [5.74, 6) is 2.04. The lowest BCUT2D eigenvalue weighted by Crippen LogP contribution is -2.40. The standard InChI is InChI=1S/C16H25N3/c1-11(2)13-10-14(12-6-7-12)19-15(18-13)16(17)8-4-3-5-9-16/h10-12H,3-9,17H2,1-2H3. The molecule has 0 saturated heterocycles. The molecule has 0 spiro atoms. The van der Waals surface area contributed by atoms with Crippen molar-refractivity contribution in [1.29, 1.82) is 0 Å². The Morgan fingerprint density at radius 1 is 1.16 bits per heavy atom. The van der Waals surface area contributed by atoms with Crippen molar-refractivity contribution in [2.75, 3.05) is 0 Å². The summed E-state index contributed by atoms with van der Waals surface area (Å²) in [5.41, 5.74) is 8.75. The predicted molar refractivity (Wildman–Crippen MR) is 77.0 cm³/mol. The molecule has 0 atom stereocenters. The van der Waals surface area contributed by atoms with Crippen LogP contribution >= 0.6 is 0 Å². The highest BCUT2D eigenvalue weighted by atomic mass is 15.0. The summed E-state index contributed by atoms with van der Waals surface area (Å²) in [5, 5.41) is 0. The van der Waals surface area contributed by atoms with E-state index in [1.54, 1.807) is 0 Å². The van der Waals surface area contributed by atoms with Gasteiger partial charge in [-0.1, -0.05) is 33.1 Å². The predicted octanol–water partition coefficient (Wildman–Crippen LogP) is 3.60. The van der Waals surface area contributed by atoms with Gasteiger partial charge in [0.1, 0.15) is 5.82 Å². The lowest BCUT2D eigenvalue weighted by atomic mass is 9.81. The molecule has 1 aromatic heterocycles. The van der Waals surface area contributed by atoms with Gasteiger partial charge in [-0.05, 0) is 37.7 Å². The Morgan fingerprint density at radius 3 is 2.42 bits per heavy atom. The number of aromatic nitrogens is 2. The summed E-state index contributed by atoms with van der Waals surface area (Å²) in [6, 6.07) is 2.21. The van der Waals surface area contributed by atoms with Crippen molar-refractivity contribution in [2.24, 2.45) is 5.73 Å². The van der Waals surface area contributed by atoms with Gasteiger partial charge in [0.25, 0.3) is 0 Å². The number of nitrogens with zero attached hydrogens (tertiary/aromatic N) is 2. The summed E-state index contributed by atoms with van der Waals surface area (Å²) in [7, 11) is 0. The molecule has 2 aliphatic carbocycles. The Morgan fingerprint density at radius 2 is 1.84 bits per heavy atom. The van der Waals surface area contributed by atoms with Gasteiger partial charge in [0.05, 0.1) is 5.54 Å². The lowest BCUT2D eigenvalue weighted by Gasteiger charge is -2.32. The summed E-state index contributed by atoms with van der Waals surface area (Å²) >= 11 is 0. The minimum Gasteiger partial charge on any atom is -0.319 e. The molecule has 19 heavy (non-hydrogen) atoms. The maximum atomic E-state index is 6.61. The Balaban J connectivity index is 1.99. The van der Waals surface area contributed by atoms with Gasteiger partial charge in [-0.25, -0.2) is 9.97 Å². The molecule has 1 aromatic rings. The van der Waals surface area contributed by atoms with Gasteiger partial charge in [0.15, 0.2) is 0 Å². The Kier molecular flexibility index (Phi) is 3.34. The second kappa shape index (κ2) is 4.86. The zero-order chi connectivity index (χ0) is 13.5. The number of rotatable bonds is 3. The fourth-order valence-electron chi connectivity index (χ4n) is 3.00. The van der Waals surface area contributed by atoms with Gasteiger partial charge >= 0.3 is 0 Å². The largest absolute Gasteiger partial charge is 0.319 e. The number of hydrogen-bond acceptors (Lipinski definition) is 3. The van der Waals surface area contributed by atoms with Crippen molar-refractivity contribution in [3.63, 3.8) is 0 Å². The summed E-state index contributed by atoms with van der Waals surface area (Å²) in [6.45, 7) is 4.40. The molecule has 0 bridgehead atoms. The van der Waals surface area contributed by atoms with E-state index < -0.39 is 0 Å². The first-order valence-corrected chi connectivity index (χ1v) is 7.77. The first-order valence-electron chi connectivity index (χ1n) is 7.77. The van der Waals surface area contributed by atoms with E-state index in [0.717, 1.165) is 18.7 Å². The van der Waals surface area contributed by atoms with E-state index in [-0.39, 0.29) is 5.54 Å². The van der Waals surface area contributed by atoms with E-state index in [4.69, 9.17) is 15.7 Å². The third-order valence-electron chi connectivity index (χ3n) is 4.54. The second-order valence-electron chi connectivity index (χ2n) is 6.69. The van der Waals surface area contributed by atoms with Crippen LogP contribution in [0.15, 0.2) is 6.07 Å². The molecule has 1 heterocycles. The van der Waals surface area contributed by atoms with Crippen LogP contribution in [0.5, 0.6) is 0 Å². The highest BCUT2D eigenvalue weighted by Crippen LogP contribution is 2.41. The van der Waals surface area contributed by atoms with Gasteiger partial charge in [0.2, 0.25) is 0 Å². The Labute approximate surface area is 116 Å². The van der Waals surface area contributed by atoms with E-state index in [0.29, 0.717) is 11.8 Å². The van der Waals surface area contributed by atoms with Crippen molar-refractivity contribution in [3.05, 3.63) is 23.3 Å². The molecule has 3 rings (SSSR count). The van der Waals surface area contributed by atoms with Crippen LogP contribution in [0.25, 0.3) is 0 Å². The quantitative estimate of drug-likeness (QED) is 0.902. The zero-order valence-electron chi connectivity index (χ0n) is 12.2. The van der Waals surface area contributed by atoms with Gasteiger partial charge in [-0.15, -0.1) is 0 Å². The van der Waals surface area contributed by atoms with Crippen molar-refractivity contribution in [3.8, 4) is 0 Å². The minimum atomic E-state index is -0.271. The number of hydrogen-bond donors (Lipinski definition) is 1. The van der Waals surface area contributed by atoms with Crippen LogP contribution < -0.4 is 5.73 Å². The minimum absolute atomic E-state index is 0.271. The lowest BCUT2D eigenvalue weighted by molar-refractivity contribution is 0.285. The molecule has 2 N–H and O–H groups in total. The van der Waals surface area contributed by atoms with Gasteiger partial charge in [0, 0.05) is 17.3 Å². The normalized spacial score (nSPS) is 22.7. The molecule has 3 nitrogen and oxygen atoms in total. The average Bonchev–Trinajstić information content (AvgIpc) is 3.23. The third kappa shape index (κ3) is 2.66. The van der Waals surface area contributed by atoms with E-state index in [9.17, 15) is 0 Å². The molecule has 2 saturated carbocycles. The Bertz CT molecular complexity index is 437. The van der Waals surface area contributed by atoms with Crippen molar-refractivity contribution in [1.82, 2.24) is 9.97 Å². The summed E-state index contributed by atoms with van der Waals surface area (Å²) in [6.07, 6.45) is 8.38. The molecule has 0 amide bonds. The second-order valence-corrected chi connectivity index (χ2v) is 6.69. The van der Waals surface area contributed by atoms with Crippen LogP contribution in [0.3, 0.4) is 0 Å². The van der Waals surface area contributed by atoms with Crippen LogP contribution in [0.2, 0.25) is 0 Å². The van der Waals surface area contributed by atoms with E-state index in [1.807, 2.05) is 0 Å². The van der Waals surface area contributed by atoms with Crippen LogP contribution in [-0.2, 0) is 5.54 Å². The van der Waals surface area contributed by atoms with Crippen molar-refractivity contribution < 1.29 is 0 Å². The van der Waals surface area contributed by atoms with Crippen LogP contribution in [0.1, 0.15) is 87.8 Å². The molecule has 0 unspecified atom stereocenters. The maximum Gasteiger partial charge on any atom is 0.148 e. The molecule has 2 fully saturated rings. The van der Waals surface area contributed by atoms with E-state index >= 15 is 0 Å². The molecular weight excluding hydrogens is 234 g/mol. The molecule has 0 radical (unpaired) electrons. The topological polar surface area (TPSA) is 51.8 Å². The first kappa shape index (κ1) is 13.0. The van der Waals surface area contributed by atoms with Crippen molar-refractivity contribution in [2.45, 2.75) is 76.2 Å². The third-order valence-corrected chi connectivity index (χ3v) is 4.54. The van der Waals surface area contributed by atoms with Crippen LogP contribution in [0, 0.1) is 0 Å². The summed E-state index contributed by atoms with van der Waals surface area (Å²) < 4.78 is 0. The molecule has 3 heteroatoms.